The maximum Gasteiger partial charge on any atom is 0.0107 e. The summed E-state index contributed by atoms with van der Waals surface area (Å²) < 4.78 is 0. The number of nitrogens with zero attached hydrogens (tertiary/aromatic N) is 1. The molecule has 0 saturated carbocycles. The van der Waals surface area contributed by atoms with E-state index in [0.717, 1.165) is 18.4 Å². The standard InChI is InChI=1S/C15H32N2/c1-5-15-8-10-17(12-15)11-9-16-14(4)7-6-13(2)3/h13-16H,5-12H2,1-4H3. The molecule has 1 aliphatic heterocycles. The summed E-state index contributed by atoms with van der Waals surface area (Å²) in [6.45, 7) is 14.3. The van der Waals surface area contributed by atoms with Gasteiger partial charge in [0.1, 0.15) is 0 Å². The predicted molar refractivity (Wildman–Crippen MR) is 76.4 cm³/mol. The number of rotatable bonds is 8. The third-order valence-electron chi connectivity index (χ3n) is 4.05. The van der Waals surface area contributed by atoms with Crippen molar-refractivity contribution in [3.8, 4) is 0 Å². The van der Waals surface area contributed by atoms with Gasteiger partial charge in [0.25, 0.3) is 0 Å². The van der Waals surface area contributed by atoms with Crippen molar-refractivity contribution >= 4 is 0 Å². The van der Waals surface area contributed by atoms with E-state index in [1.807, 2.05) is 0 Å². The van der Waals surface area contributed by atoms with Crippen LogP contribution in [0.25, 0.3) is 0 Å². The molecular formula is C15H32N2. The lowest BCUT2D eigenvalue weighted by Crippen LogP contribution is -2.35. The fraction of sp³-hybridized carbons (Fsp3) is 1.00. The molecule has 2 unspecified atom stereocenters. The Labute approximate surface area is 108 Å². The number of nitrogens with one attached hydrogen (secondary N) is 1. The van der Waals surface area contributed by atoms with Crippen molar-refractivity contribution in [2.75, 3.05) is 26.2 Å². The molecule has 2 heteroatoms. The zero-order chi connectivity index (χ0) is 12.7. The van der Waals surface area contributed by atoms with Crippen LogP contribution in [0.15, 0.2) is 0 Å². The van der Waals surface area contributed by atoms with Gasteiger partial charge in [-0.2, -0.15) is 0 Å². The van der Waals surface area contributed by atoms with Crippen LogP contribution >= 0.6 is 0 Å². The zero-order valence-electron chi connectivity index (χ0n) is 12.3. The first-order chi connectivity index (χ1) is 8.11. The van der Waals surface area contributed by atoms with Gasteiger partial charge in [0.05, 0.1) is 0 Å². The minimum absolute atomic E-state index is 0.682. The predicted octanol–water partition coefficient (Wildman–Crippen LogP) is 3.13. The summed E-state index contributed by atoms with van der Waals surface area (Å²) in [5.74, 6) is 1.80. The van der Waals surface area contributed by atoms with Crippen LogP contribution < -0.4 is 5.32 Å². The Morgan fingerprint density at radius 3 is 2.59 bits per heavy atom. The molecule has 2 nitrogen and oxygen atoms in total. The van der Waals surface area contributed by atoms with Crippen molar-refractivity contribution in [1.82, 2.24) is 10.2 Å². The van der Waals surface area contributed by atoms with Crippen LogP contribution in [-0.2, 0) is 0 Å². The van der Waals surface area contributed by atoms with Crippen molar-refractivity contribution in [3.63, 3.8) is 0 Å². The van der Waals surface area contributed by atoms with Crippen LogP contribution in [0.5, 0.6) is 0 Å². The summed E-state index contributed by atoms with van der Waals surface area (Å²) in [5.41, 5.74) is 0. The molecule has 1 fully saturated rings. The van der Waals surface area contributed by atoms with Crippen LogP contribution in [0.3, 0.4) is 0 Å². The molecule has 0 amide bonds. The highest BCUT2D eigenvalue weighted by Gasteiger charge is 2.20. The molecule has 1 saturated heterocycles. The topological polar surface area (TPSA) is 15.3 Å². The summed E-state index contributed by atoms with van der Waals surface area (Å²) in [4.78, 5) is 2.62. The Bertz CT molecular complexity index is 191. The van der Waals surface area contributed by atoms with Crippen molar-refractivity contribution < 1.29 is 0 Å². The Morgan fingerprint density at radius 1 is 1.24 bits per heavy atom. The molecule has 102 valence electrons. The quantitative estimate of drug-likeness (QED) is 0.701. The van der Waals surface area contributed by atoms with E-state index in [4.69, 9.17) is 0 Å². The molecule has 0 radical (unpaired) electrons. The van der Waals surface area contributed by atoms with Gasteiger partial charge in [0.2, 0.25) is 0 Å². The van der Waals surface area contributed by atoms with Gasteiger partial charge in [0.15, 0.2) is 0 Å². The largest absolute Gasteiger partial charge is 0.313 e. The maximum atomic E-state index is 3.66. The molecule has 2 atom stereocenters. The number of hydrogen-bond donors (Lipinski definition) is 1. The van der Waals surface area contributed by atoms with E-state index in [1.165, 1.54) is 45.3 Å². The minimum atomic E-state index is 0.682. The Morgan fingerprint density at radius 2 is 2.00 bits per heavy atom. The van der Waals surface area contributed by atoms with E-state index in [0.29, 0.717) is 6.04 Å². The maximum absolute atomic E-state index is 3.66. The van der Waals surface area contributed by atoms with Crippen molar-refractivity contribution in [2.45, 2.75) is 59.4 Å². The summed E-state index contributed by atoms with van der Waals surface area (Å²) >= 11 is 0. The molecule has 1 N–H and O–H groups in total. The third kappa shape index (κ3) is 6.42. The Balaban J connectivity index is 2.00. The second kappa shape index (κ2) is 8.10. The van der Waals surface area contributed by atoms with Crippen LogP contribution in [-0.4, -0.2) is 37.1 Å². The first-order valence-corrected chi connectivity index (χ1v) is 7.57. The van der Waals surface area contributed by atoms with E-state index in [9.17, 15) is 0 Å². The lowest BCUT2D eigenvalue weighted by Gasteiger charge is -2.19. The summed E-state index contributed by atoms with van der Waals surface area (Å²) in [6, 6.07) is 0.682. The highest BCUT2D eigenvalue weighted by Crippen LogP contribution is 2.18. The van der Waals surface area contributed by atoms with E-state index in [1.54, 1.807) is 0 Å². The average Bonchev–Trinajstić information content (AvgIpc) is 2.74. The van der Waals surface area contributed by atoms with Gasteiger partial charge in [0, 0.05) is 25.7 Å². The normalized spacial score (nSPS) is 23.5. The van der Waals surface area contributed by atoms with Crippen molar-refractivity contribution in [1.29, 1.82) is 0 Å². The summed E-state index contributed by atoms with van der Waals surface area (Å²) in [7, 11) is 0. The lowest BCUT2D eigenvalue weighted by atomic mass is 10.0. The molecule has 0 aromatic heterocycles. The van der Waals surface area contributed by atoms with Gasteiger partial charge in [-0.15, -0.1) is 0 Å². The van der Waals surface area contributed by atoms with E-state index in [-0.39, 0.29) is 0 Å². The molecule has 1 rings (SSSR count). The van der Waals surface area contributed by atoms with Gasteiger partial charge in [-0.3, -0.25) is 0 Å². The third-order valence-corrected chi connectivity index (χ3v) is 4.05. The van der Waals surface area contributed by atoms with Crippen LogP contribution in [0.2, 0.25) is 0 Å². The van der Waals surface area contributed by atoms with Gasteiger partial charge >= 0.3 is 0 Å². The molecule has 1 aliphatic rings. The molecular weight excluding hydrogens is 208 g/mol. The zero-order valence-corrected chi connectivity index (χ0v) is 12.3. The number of hydrogen-bond acceptors (Lipinski definition) is 2. The first kappa shape index (κ1) is 15.0. The fourth-order valence-electron chi connectivity index (χ4n) is 2.60. The Kier molecular flexibility index (Phi) is 7.14. The average molecular weight is 240 g/mol. The fourth-order valence-corrected chi connectivity index (χ4v) is 2.60. The highest BCUT2D eigenvalue weighted by molar-refractivity contribution is 4.75. The van der Waals surface area contributed by atoms with Gasteiger partial charge in [-0.05, 0) is 44.6 Å². The molecule has 0 aromatic rings. The van der Waals surface area contributed by atoms with E-state index < -0.39 is 0 Å². The monoisotopic (exact) mass is 240 g/mol. The molecule has 17 heavy (non-hydrogen) atoms. The smallest absolute Gasteiger partial charge is 0.0107 e. The number of likely N-dealkylation sites (tertiary alicyclic amines) is 1. The first-order valence-electron chi connectivity index (χ1n) is 7.57. The minimum Gasteiger partial charge on any atom is -0.313 e. The molecule has 0 aromatic carbocycles. The molecule has 0 spiro atoms. The van der Waals surface area contributed by atoms with Gasteiger partial charge < -0.3 is 10.2 Å². The second-order valence-electron chi connectivity index (χ2n) is 6.19. The summed E-state index contributed by atoms with van der Waals surface area (Å²) in [6.07, 6.45) is 5.43. The van der Waals surface area contributed by atoms with Crippen LogP contribution in [0.1, 0.15) is 53.4 Å². The summed E-state index contributed by atoms with van der Waals surface area (Å²) in [5, 5.41) is 3.66. The molecule has 0 aliphatic carbocycles. The SMILES string of the molecule is CCC1CCN(CCNC(C)CCC(C)C)C1. The lowest BCUT2D eigenvalue weighted by molar-refractivity contribution is 0.311. The second-order valence-corrected chi connectivity index (χ2v) is 6.19. The van der Waals surface area contributed by atoms with Crippen LogP contribution in [0.4, 0.5) is 0 Å². The molecule has 1 heterocycles. The van der Waals surface area contributed by atoms with E-state index in [2.05, 4.69) is 37.9 Å². The van der Waals surface area contributed by atoms with E-state index >= 15 is 0 Å². The Hall–Kier alpha value is -0.0800. The van der Waals surface area contributed by atoms with Crippen molar-refractivity contribution in [3.05, 3.63) is 0 Å². The van der Waals surface area contributed by atoms with Crippen molar-refractivity contribution in [2.24, 2.45) is 11.8 Å². The van der Waals surface area contributed by atoms with Gasteiger partial charge in [-0.25, -0.2) is 0 Å². The highest BCUT2D eigenvalue weighted by atomic mass is 15.2. The van der Waals surface area contributed by atoms with Gasteiger partial charge in [-0.1, -0.05) is 27.2 Å². The van der Waals surface area contributed by atoms with Crippen LogP contribution in [0, 0.1) is 11.8 Å². The molecule has 0 bridgehead atoms.